The fraction of sp³-hybridized carbons (Fsp3) is 0.350. The molecule has 4 rings (SSSR count). The third-order valence-corrected chi connectivity index (χ3v) is 5.09. The number of pyridine rings is 1. The van der Waals surface area contributed by atoms with Gasteiger partial charge >= 0.3 is 5.97 Å². The predicted octanol–water partition coefficient (Wildman–Crippen LogP) is 2.62. The molecule has 134 valence electrons. The zero-order valence-corrected chi connectivity index (χ0v) is 14.6. The van der Waals surface area contributed by atoms with E-state index in [1.54, 1.807) is 18.3 Å². The van der Waals surface area contributed by atoms with E-state index >= 15 is 0 Å². The third-order valence-electron chi connectivity index (χ3n) is 5.09. The molecule has 0 radical (unpaired) electrons. The van der Waals surface area contributed by atoms with E-state index < -0.39 is 5.97 Å². The fourth-order valence-electron chi connectivity index (χ4n) is 3.66. The Morgan fingerprint density at radius 1 is 1.19 bits per heavy atom. The van der Waals surface area contributed by atoms with E-state index in [2.05, 4.69) is 10.3 Å². The van der Waals surface area contributed by atoms with E-state index in [-0.39, 0.29) is 17.1 Å². The normalized spacial score (nSPS) is 18.1. The molecular formula is C20H20N2O4. The molecule has 2 aliphatic heterocycles. The number of nitrogens with zero attached hydrogens (tertiary/aromatic N) is 1. The monoisotopic (exact) mass is 352 g/mol. The topological polar surface area (TPSA) is 77.5 Å². The number of benzene rings is 1. The number of nitrogens with one attached hydrogen (secondary N) is 1. The highest BCUT2D eigenvalue weighted by Gasteiger charge is 2.41. The van der Waals surface area contributed by atoms with Crippen LogP contribution in [0.1, 0.15) is 40.1 Å². The van der Waals surface area contributed by atoms with Crippen LogP contribution in [0.2, 0.25) is 0 Å². The van der Waals surface area contributed by atoms with Crippen LogP contribution in [0.5, 0.6) is 5.75 Å². The van der Waals surface area contributed by atoms with Gasteiger partial charge in [-0.2, -0.15) is 0 Å². The molecule has 6 nitrogen and oxygen atoms in total. The summed E-state index contributed by atoms with van der Waals surface area (Å²) in [6.45, 7) is 1.74. The lowest BCUT2D eigenvalue weighted by Gasteiger charge is -2.41. The van der Waals surface area contributed by atoms with Crippen molar-refractivity contribution in [3.05, 3.63) is 47.8 Å². The van der Waals surface area contributed by atoms with Gasteiger partial charge in [-0.15, -0.1) is 0 Å². The van der Waals surface area contributed by atoms with Crippen LogP contribution >= 0.6 is 0 Å². The van der Waals surface area contributed by atoms with Crippen molar-refractivity contribution in [3.8, 4) is 16.9 Å². The SMILES string of the molecule is COC(=O)c1cc(-c2ccc3c(c2)C(=O)CC2(CCNCC2)O3)ccn1. The number of carbonyl (C=O) groups excluding carboxylic acids is 2. The Morgan fingerprint density at radius 3 is 2.73 bits per heavy atom. The molecule has 0 bridgehead atoms. The number of esters is 1. The van der Waals surface area contributed by atoms with Gasteiger partial charge in [0.2, 0.25) is 0 Å². The quantitative estimate of drug-likeness (QED) is 0.837. The van der Waals surface area contributed by atoms with Gasteiger partial charge in [0.25, 0.3) is 0 Å². The van der Waals surface area contributed by atoms with E-state index in [9.17, 15) is 9.59 Å². The van der Waals surface area contributed by atoms with Crippen LogP contribution in [0.3, 0.4) is 0 Å². The lowest BCUT2D eigenvalue weighted by atomic mass is 9.82. The molecule has 0 aliphatic carbocycles. The van der Waals surface area contributed by atoms with Gasteiger partial charge in [0.15, 0.2) is 5.78 Å². The van der Waals surface area contributed by atoms with Crippen LogP contribution < -0.4 is 10.1 Å². The highest BCUT2D eigenvalue weighted by atomic mass is 16.5. The molecule has 0 unspecified atom stereocenters. The van der Waals surface area contributed by atoms with E-state index in [4.69, 9.17) is 9.47 Å². The molecule has 6 heteroatoms. The molecule has 1 aromatic carbocycles. The molecule has 0 amide bonds. The van der Waals surface area contributed by atoms with Gasteiger partial charge in [0.1, 0.15) is 17.0 Å². The Morgan fingerprint density at radius 2 is 1.96 bits per heavy atom. The third kappa shape index (κ3) is 2.97. The Bertz CT molecular complexity index is 872. The molecule has 1 N–H and O–H groups in total. The van der Waals surface area contributed by atoms with Gasteiger partial charge in [-0.1, -0.05) is 6.07 Å². The number of ketones is 1. The molecule has 2 aliphatic rings. The maximum absolute atomic E-state index is 12.8. The van der Waals surface area contributed by atoms with Crippen molar-refractivity contribution in [2.75, 3.05) is 20.2 Å². The van der Waals surface area contributed by atoms with Crippen LogP contribution in [0.4, 0.5) is 0 Å². The Hall–Kier alpha value is -2.73. The molecule has 2 aromatic rings. The second-order valence-electron chi connectivity index (χ2n) is 6.77. The van der Waals surface area contributed by atoms with Gasteiger partial charge in [0.05, 0.1) is 19.1 Å². The first-order valence-electron chi connectivity index (χ1n) is 8.72. The second-order valence-corrected chi connectivity index (χ2v) is 6.77. The van der Waals surface area contributed by atoms with Crippen molar-refractivity contribution < 1.29 is 19.1 Å². The summed E-state index contributed by atoms with van der Waals surface area (Å²) >= 11 is 0. The Kier molecular flexibility index (Phi) is 4.20. The minimum absolute atomic E-state index is 0.109. The highest BCUT2D eigenvalue weighted by molar-refractivity contribution is 6.01. The average Bonchev–Trinajstić information content (AvgIpc) is 2.68. The number of Topliss-reactive ketones (excluding diaryl/α,β-unsaturated/α-hetero) is 1. The van der Waals surface area contributed by atoms with E-state index in [0.29, 0.717) is 17.7 Å². The van der Waals surface area contributed by atoms with Gasteiger partial charge < -0.3 is 14.8 Å². The summed E-state index contributed by atoms with van der Waals surface area (Å²) in [7, 11) is 1.32. The number of fused-ring (bicyclic) bond motifs is 1. The van der Waals surface area contributed by atoms with Crippen LogP contribution in [-0.4, -0.2) is 42.5 Å². The molecule has 0 atom stereocenters. The molecule has 1 fully saturated rings. The summed E-state index contributed by atoms with van der Waals surface area (Å²) in [5.74, 6) is 0.267. The summed E-state index contributed by atoms with van der Waals surface area (Å²) in [5.41, 5.74) is 2.11. The maximum atomic E-state index is 12.8. The molecule has 1 saturated heterocycles. The van der Waals surface area contributed by atoms with Crippen molar-refractivity contribution in [2.24, 2.45) is 0 Å². The van der Waals surface area contributed by atoms with E-state index in [0.717, 1.165) is 37.1 Å². The maximum Gasteiger partial charge on any atom is 0.356 e. The van der Waals surface area contributed by atoms with Crippen LogP contribution in [0, 0.1) is 0 Å². The zero-order chi connectivity index (χ0) is 18.1. The molecule has 1 spiro atoms. The van der Waals surface area contributed by atoms with Crippen molar-refractivity contribution >= 4 is 11.8 Å². The largest absolute Gasteiger partial charge is 0.486 e. The van der Waals surface area contributed by atoms with Crippen molar-refractivity contribution in [2.45, 2.75) is 24.9 Å². The number of hydrogen-bond donors (Lipinski definition) is 1. The minimum Gasteiger partial charge on any atom is -0.486 e. The lowest BCUT2D eigenvalue weighted by Crippen LogP contribution is -2.49. The summed E-state index contributed by atoms with van der Waals surface area (Å²) < 4.78 is 11.0. The van der Waals surface area contributed by atoms with E-state index in [1.807, 2.05) is 18.2 Å². The molecular weight excluding hydrogens is 332 g/mol. The number of carbonyl (C=O) groups is 2. The standard InChI is InChI=1S/C20H20N2O4/c1-25-19(24)16-11-14(4-7-22-16)13-2-3-18-15(10-13)17(23)12-20(26-18)5-8-21-9-6-20/h2-4,7,10-11,21H,5-6,8-9,12H2,1H3. The molecule has 26 heavy (non-hydrogen) atoms. The predicted molar refractivity (Wildman–Crippen MR) is 95.4 cm³/mol. The zero-order valence-electron chi connectivity index (χ0n) is 14.6. The highest BCUT2D eigenvalue weighted by Crippen LogP contribution is 2.39. The van der Waals surface area contributed by atoms with Crippen LogP contribution in [-0.2, 0) is 4.74 Å². The summed E-state index contributed by atoms with van der Waals surface area (Å²) in [5, 5.41) is 3.31. The number of rotatable bonds is 2. The van der Waals surface area contributed by atoms with Crippen molar-refractivity contribution in [1.82, 2.24) is 10.3 Å². The Labute approximate surface area is 151 Å². The average molecular weight is 352 g/mol. The summed E-state index contributed by atoms with van der Waals surface area (Å²) in [6.07, 6.45) is 3.65. The summed E-state index contributed by atoms with van der Waals surface area (Å²) in [4.78, 5) is 28.5. The minimum atomic E-state index is -0.489. The van der Waals surface area contributed by atoms with Gasteiger partial charge in [0, 0.05) is 19.0 Å². The number of methoxy groups -OCH3 is 1. The molecule has 1 aromatic heterocycles. The smallest absolute Gasteiger partial charge is 0.356 e. The lowest BCUT2D eigenvalue weighted by molar-refractivity contribution is 0.0187. The fourth-order valence-corrected chi connectivity index (χ4v) is 3.66. The number of piperidine rings is 1. The van der Waals surface area contributed by atoms with Crippen molar-refractivity contribution in [1.29, 1.82) is 0 Å². The number of aromatic nitrogens is 1. The van der Waals surface area contributed by atoms with Gasteiger partial charge in [-0.05, 0) is 48.5 Å². The molecule has 3 heterocycles. The Balaban J connectivity index is 1.67. The van der Waals surface area contributed by atoms with Gasteiger partial charge in [-0.25, -0.2) is 9.78 Å². The second kappa shape index (κ2) is 6.53. The van der Waals surface area contributed by atoms with Crippen LogP contribution in [0.15, 0.2) is 36.5 Å². The van der Waals surface area contributed by atoms with Crippen molar-refractivity contribution in [3.63, 3.8) is 0 Å². The first-order valence-corrected chi connectivity index (χ1v) is 8.72. The molecule has 0 saturated carbocycles. The van der Waals surface area contributed by atoms with Gasteiger partial charge in [-0.3, -0.25) is 4.79 Å². The summed E-state index contributed by atoms with van der Waals surface area (Å²) in [6, 6.07) is 9.06. The number of ether oxygens (including phenoxy) is 2. The first kappa shape index (κ1) is 16.7. The number of hydrogen-bond acceptors (Lipinski definition) is 6. The van der Waals surface area contributed by atoms with E-state index in [1.165, 1.54) is 7.11 Å². The first-order chi connectivity index (χ1) is 12.6. The van der Waals surface area contributed by atoms with Crippen LogP contribution in [0.25, 0.3) is 11.1 Å².